The number of amides is 1. The molecule has 25 heavy (non-hydrogen) atoms. The molecule has 2 aromatic rings. The molecule has 0 saturated heterocycles. The SMILES string of the molecule is CCOc1ccccc1OCC(=O)N/N=C/c1ccc(C(=O)O)cc1. The van der Waals surface area contributed by atoms with E-state index in [9.17, 15) is 9.59 Å². The third-order valence-electron chi connectivity index (χ3n) is 3.07. The molecule has 2 rings (SSSR count). The van der Waals surface area contributed by atoms with E-state index < -0.39 is 11.9 Å². The Balaban J connectivity index is 1.83. The van der Waals surface area contributed by atoms with Crippen LogP contribution in [0.15, 0.2) is 53.6 Å². The van der Waals surface area contributed by atoms with Crippen molar-refractivity contribution in [3.63, 3.8) is 0 Å². The molecule has 0 heterocycles. The van der Waals surface area contributed by atoms with Crippen molar-refractivity contribution >= 4 is 18.1 Å². The Hall–Kier alpha value is -3.35. The number of rotatable bonds is 8. The summed E-state index contributed by atoms with van der Waals surface area (Å²) in [5.41, 5.74) is 3.18. The van der Waals surface area contributed by atoms with Crippen LogP contribution in [0.1, 0.15) is 22.8 Å². The van der Waals surface area contributed by atoms with Crippen LogP contribution in [0.2, 0.25) is 0 Å². The van der Waals surface area contributed by atoms with Crippen LogP contribution in [0.3, 0.4) is 0 Å². The Labute approximate surface area is 144 Å². The zero-order valence-corrected chi connectivity index (χ0v) is 13.6. The van der Waals surface area contributed by atoms with Crippen molar-refractivity contribution in [1.82, 2.24) is 5.43 Å². The third kappa shape index (κ3) is 5.65. The first-order valence-corrected chi connectivity index (χ1v) is 7.60. The number of aromatic carboxylic acids is 1. The molecule has 1 amide bonds. The number of nitrogens with zero attached hydrogens (tertiary/aromatic N) is 1. The molecule has 2 aromatic carbocycles. The van der Waals surface area contributed by atoms with Crippen LogP contribution in [0, 0.1) is 0 Å². The zero-order chi connectivity index (χ0) is 18.1. The standard InChI is InChI=1S/C18H18N2O5/c1-2-24-15-5-3-4-6-16(15)25-12-17(21)20-19-11-13-7-9-14(10-8-13)18(22)23/h3-11H,2,12H2,1H3,(H,20,21)(H,22,23)/b19-11+. The number of carboxylic acid groups (broad SMARTS) is 1. The number of ether oxygens (including phenoxy) is 2. The maximum atomic E-state index is 11.8. The van der Waals surface area contributed by atoms with Gasteiger partial charge in [0.05, 0.1) is 18.4 Å². The van der Waals surface area contributed by atoms with E-state index in [1.807, 2.05) is 13.0 Å². The molecule has 7 heteroatoms. The molecule has 130 valence electrons. The number of nitrogens with one attached hydrogen (secondary N) is 1. The monoisotopic (exact) mass is 342 g/mol. The van der Waals surface area contributed by atoms with Crippen LogP contribution in [-0.4, -0.2) is 36.4 Å². The summed E-state index contributed by atoms with van der Waals surface area (Å²) < 4.78 is 10.8. The van der Waals surface area contributed by atoms with E-state index in [1.54, 1.807) is 30.3 Å². The molecule has 0 unspecified atom stereocenters. The van der Waals surface area contributed by atoms with Gasteiger partial charge in [0.25, 0.3) is 5.91 Å². The first-order chi connectivity index (χ1) is 12.1. The summed E-state index contributed by atoms with van der Waals surface area (Å²) in [4.78, 5) is 22.5. The normalized spacial score (nSPS) is 10.4. The molecule has 0 atom stereocenters. The highest BCUT2D eigenvalue weighted by Gasteiger charge is 2.06. The van der Waals surface area contributed by atoms with Gasteiger partial charge in [0, 0.05) is 0 Å². The number of carbonyl (C=O) groups excluding carboxylic acids is 1. The molecule has 0 bridgehead atoms. The van der Waals surface area contributed by atoms with Gasteiger partial charge in [-0.3, -0.25) is 4.79 Å². The predicted octanol–water partition coefficient (Wildman–Crippen LogP) is 2.31. The van der Waals surface area contributed by atoms with Crippen molar-refractivity contribution in [3.8, 4) is 11.5 Å². The Kier molecular flexibility index (Phi) is 6.53. The highest BCUT2D eigenvalue weighted by molar-refractivity contribution is 5.89. The van der Waals surface area contributed by atoms with E-state index in [0.717, 1.165) is 0 Å². The van der Waals surface area contributed by atoms with Crippen molar-refractivity contribution in [3.05, 3.63) is 59.7 Å². The van der Waals surface area contributed by atoms with E-state index in [4.69, 9.17) is 14.6 Å². The lowest BCUT2D eigenvalue weighted by atomic mass is 10.1. The van der Waals surface area contributed by atoms with Crippen LogP contribution in [-0.2, 0) is 4.79 Å². The first-order valence-electron chi connectivity index (χ1n) is 7.60. The lowest BCUT2D eigenvalue weighted by Crippen LogP contribution is -2.24. The molecule has 0 spiro atoms. The highest BCUT2D eigenvalue weighted by atomic mass is 16.5. The Morgan fingerprint density at radius 1 is 1.08 bits per heavy atom. The molecular formula is C18H18N2O5. The quantitative estimate of drug-likeness (QED) is 0.567. The minimum atomic E-state index is -0.999. The number of carboxylic acids is 1. The number of hydrogen-bond donors (Lipinski definition) is 2. The van der Waals surface area contributed by atoms with Gasteiger partial charge in [-0.2, -0.15) is 5.10 Å². The first kappa shape index (κ1) is 18.0. The van der Waals surface area contributed by atoms with Gasteiger partial charge in [-0.05, 0) is 36.8 Å². The highest BCUT2D eigenvalue weighted by Crippen LogP contribution is 2.26. The smallest absolute Gasteiger partial charge is 0.335 e. The fourth-order valence-corrected chi connectivity index (χ4v) is 1.91. The second-order valence-corrected chi connectivity index (χ2v) is 4.89. The van der Waals surface area contributed by atoms with Gasteiger partial charge >= 0.3 is 5.97 Å². The molecule has 0 fully saturated rings. The van der Waals surface area contributed by atoms with Crippen molar-refractivity contribution in [1.29, 1.82) is 0 Å². The molecular weight excluding hydrogens is 324 g/mol. The molecule has 0 radical (unpaired) electrons. The predicted molar refractivity (Wildman–Crippen MR) is 92.2 cm³/mol. The second-order valence-electron chi connectivity index (χ2n) is 4.89. The maximum Gasteiger partial charge on any atom is 0.335 e. The van der Waals surface area contributed by atoms with Crippen LogP contribution in [0.25, 0.3) is 0 Å². The molecule has 0 aromatic heterocycles. The van der Waals surface area contributed by atoms with Gasteiger partial charge in [-0.1, -0.05) is 24.3 Å². The van der Waals surface area contributed by atoms with E-state index >= 15 is 0 Å². The fourth-order valence-electron chi connectivity index (χ4n) is 1.91. The van der Waals surface area contributed by atoms with Gasteiger partial charge in [-0.25, -0.2) is 10.2 Å². The van der Waals surface area contributed by atoms with E-state index in [2.05, 4.69) is 10.5 Å². The second kappa shape index (κ2) is 9.07. The largest absolute Gasteiger partial charge is 0.490 e. The molecule has 0 aliphatic carbocycles. The van der Waals surface area contributed by atoms with Gasteiger partial charge in [0.15, 0.2) is 18.1 Å². The average molecular weight is 342 g/mol. The Bertz CT molecular complexity index is 756. The Morgan fingerprint density at radius 3 is 2.32 bits per heavy atom. The lowest BCUT2D eigenvalue weighted by Gasteiger charge is -2.10. The van der Waals surface area contributed by atoms with Crippen LogP contribution >= 0.6 is 0 Å². The number of benzene rings is 2. The van der Waals surface area contributed by atoms with Gasteiger partial charge in [-0.15, -0.1) is 0 Å². The number of hydrazone groups is 1. The minimum absolute atomic E-state index is 0.183. The fraction of sp³-hybridized carbons (Fsp3) is 0.167. The van der Waals surface area contributed by atoms with Crippen LogP contribution < -0.4 is 14.9 Å². The van der Waals surface area contributed by atoms with Crippen LogP contribution in [0.4, 0.5) is 0 Å². The van der Waals surface area contributed by atoms with Crippen molar-refractivity contribution in [2.45, 2.75) is 6.92 Å². The molecule has 2 N–H and O–H groups in total. The van der Waals surface area contributed by atoms with E-state index in [0.29, 0.717) is 23.7 Å². The molecule has 0 aliphatic heterocycles. The van der Waals surface area contributed by atoms with Crippen LogP contribution in [0.5, 0.6) is 11.5 Å². The number of hydrogen-bond acceptors (Lipinski definition) is 5. The van der Waals surface area contributed by atoms with Crippen molar-refractivity contribution in [2.75, 3.05) is 13.2 Å². The topological polar surface area (TPSA) is 97.2 Å². The summed E-state index contributed by atoms with van der Waals surface area (Å²) in [6, 6.07) is 13.2. The number of carbonyl (C=O) groups is 2. The van der Waals surface area contributed by atoms with E-state index in [1.165, 1.54) is 18.3 Å². The summed E-state index contributed by atoms with van der Waals surface area (Å²) in [5, 5.41) is 12.6. The average Bonchev–Trinajstić information content (AvgIpc) is 2.62. The van der Waals surface area contributed by atoms with Gasteiger partial charge in [0.1, 0.15) is 0 Å². The minimum Gasteiger partial charge on any atom is -0.490 e. The molecule has 0 aliphatic rings. The summed E-state index contributed by atoms with van der Waals surface area (Å²) >= 11 is 0. The van der Waals surface area contributed by atoms with Crippen molar-refractivity contribution < 1.29 is 24.2 Å². The zero-order valence-electron chi connectivity index (χ0n) is 13.6. The summed E-state index contributed by atoms with van der Waals surface area (Å²) in [7, 11) is 0. The summed E-state index contributed by atoms with van der Waals surface area (Å²) in [6.07, 6.45) is 1.41. The Morgan fingerprint density at radius 2 is 1.72 bits per heavy atom. The maximum absolute atomic E-state index is 11.8. The molecule has 0 saturated carbocycles. The van der Waals surface area contributed by atoms with Crippen molar-refractivity contribution in [2.24, 2.45) is 5.10 Å². The number of para-hydroxylation sites is 2. The van der Waals surface area contributed by atoms with E-state index in [-0.39, 0.29) is 12.2 Å². The third-order valence-corrected chi connectivity index (χ3v) is 3.07. The summed E-state index contributed by atoms with van der Waals surface area (Å²) in [5.74, 6) is -0.376. The van der Waals surface area contributed by atoms with Gasteiger partial charge < -0.3 is 14.6 Å². The lowest BCUT2D eigenvalue weighted by molar-refractivity contribution is -0.123. The summed E-state index contributed by atoms with van der Waals surface area (Å²) in [6.45, 7) is 2.15. The van der Waals surface area contributed by atoms with Gasteiger partial charge in [0.2, 0.25) is 0 Å². The molecule has 7 nitrogen and oxygen atoms in total.